The van der Waals surface area contributed by atoms with Crippen LogP contribution in [0.3, 0.4) is 0 Å². The van der Waals surface area contributed by atoms with Gasteiger partial charge in [-0.05, 0) is 39.1 Å². The van der Waals surface area contributed by atoms with E-state index in [1.54, 1.807) is 0 Å². The van der Waals surface area contributed by atoms with Crippen molar-refractivity contribution in [2.24, 2.45) is 0 Å². The summed E-state index contributed by atoms with van der Waals surface area (Å²) in [6.07, 6.45) is 13.6. The molecule has 0 saturated heterocycles. The predicted octanol–water partition coefficient (Wildman–Crippen LogP) is 10.0. The number of rotatable bonds is 12. The summed E-state index contributed by atoms with van der Waals surface area (Å²) in [5, 5.41) is 5.51. The molecule has 32 heavy (non-hydrogen) atoms. The van der Waals surface area contributed by atoms with Crippen LogP contribution in [-0.4, -0.2) is 0 Å². The maximum absolute atomic E-state index is 2.36. The largest absolute Gasteiger partial charge is 0.0654 e. The molecule has 4 aromatic carbocycles. The van der Waals surface area contributed by atoms with E-state index in [0.29, 0.717) is 5.92 Å². The summed E-state index contributed by atoms with van der Waals surface area (Å²) in [7, 11) is 0. The number of unbranched alkanes of at least 4 members (excludes halogenated alkanes) is 8. The van der Waals surface area contributed by atoms with E-state index in [2.05, 4.69) is 91.9 Å². The van der Waals surface area contributed by atoms with Gasteiger partial charge in [-0.3, -0.25) is 0 Å². The standard InChI is InChI=1S/C32H38/c1-2-3-4-5-6-7-8-9-10-23-32(30-24-15-19-26-17-11-13-21-28(26)30)31-25-16-20-27-18-12-14-22-29(27)31/h11-22,24-25,32H,2-10,23H2,1H3. The van der Waals surface area contributed by atoms with Gasteiger partial charge in [0.25, 0.3) is 0 Å². The monoisotopic (exact) mass is 422 g/mol. The van der Waals surface area contributed by atoms with E-state index in [4.69, 9.17) is 0 Å². The van der Waals surface area contributed by atoms with Gasteiger partial charge >= 0.3 is 0 Å². The van der Waals surface area contributed by atoms with E-state index >= 15 is 0 Å². The molecule has 0 nitrogen and oxygen atoms in total. The van der Waals surface area contributed by atoms with Crippen LogP contribution >= 0.6 is 0 Å². The van der Waals surface area contributed by atoms with Crippen LogP contribution in [0.25, 0.3) is 21.5 Å². The smallest absolute Gasteiger partial charge is 0.0102 e. The molecule has 0 aliphatic carbocycles. The highest BCUT2D eigenvalue weighted by Crippen LogP contribution is 2.38. The van der Waals surface area contributed by atoms with Crippen molar-refractivity contribution >= 4 is 21.5 Å². The Kier molecular flexibility index (Phi) is 8.37. The second-order valence-electron chi connectivity index (χ2n) is 9.31. The first-order valence-corrected chi connectivity index (χ1v) is 12.8. The molecular formula is C32H38. The minimum atomic E-state index is 0.441. The number of hydrogen-bond donors (Lipinski definition) is 0. The lowest BCUT2D eigenvalue weighted by atomic mass is 9.82. The highest BCUT2D eigenvalue weighted by Gasteiger charge is 2.18. The van der Waals surface area contributed by atoms with Crippen molar-refractivity contribution in [3.63, 3.8) is 0 Å². The quantitative estimate of drug-likeness (QED) is 0.199. The first-order valence-electron chi connectivity index (χ1n) is 12.8. The summed E-state index contributed by atoms with van der Waals surface area (Å²) in [5.41, 5.74) is 2.97. The second-order valence-corrected chi connectivity index (χ2v) is 9.31. The van der Waals surface area contributed by atoms with Crippen molar-refractivity contribution in [1.29, 1.82) is 0 Å². The van der Waals surface area contributed by atoms with Crippen LogP contribution in [-0.2, 0) is 0 Å². The van der Waals surface area contributed by atoms with Gasteiger partial charge in [0, 0.05) is 5.92 Å². The summed E-state index contributed by atoms with van der Waals surface area (Å²) in [6, 6.07) is 31.5. The molecule has 0 aliphatic heterocycles. The van der Waals surface area contributed by atoms with E-state index in [1.165, 1.54) is 96.9 Å². The van der Waals surface area contributed by atoms with Crippen molar-refractivity contribution < 1.29 is 0 Å². The maximum atomic E-state index is 2.36. The van der Waals surface area contributed by atoms with Gasteiger partial charge in [-0.25, -0.2) is 0 Å². The molecule has 0 heteroatoms. The minimum Gasteiger partial charge on any atom is -0.0654 e. The van der Waals surface area contributed by atoms with Crippen molar-refractivity contribution in [2.45, 2.75) is 77.0 Å². The molecule has 0 aliphatic rings. The zero-order valence-electron chi connectivity index (χ0n) is 19.7. The molecule has 0 heterocycles. The molecule has 0 bridgehead atoms. The molecule has 166 valence electrons. The highest BCUT2D eigenvalue weighted by molar-refractivity contribution is 5.90. The summed E-state index contributed by atoms with van der Waals surface area (Å²) >= 11 is 0. The molecular weight excluding hydrogens is 384 g/mol. The Hall–Kier alpha value is -2.60. The first-order chi connectivity index (χ1) is 15.9. The molecule has 0 N–H and O–H groups in total. The van der Waals surface area contributed by atoms with E-state index in [9.17, 15) is 0 Å². The number of benzene rings is 4. The first kappa shape index (κ1) is 22.6. The van der Waals surface area contributed by atoms with Gasteiger partial charge in [0.15, 0.2) is 0 Å². The number of hydrogen-bond acceptors (Lipinski definition) is 0. The SMILES string of the molecule is CCCCCCCCCCCC(c1cccc2ccccc12)c1cccc2ccccc12. The molecule has 0 unspecified atom stereocenters. The Morgan fingerprint density at radius 2 is 0.906 bits per heavy atom. The Balaban J connectivity index is 1.53. The lowest BCUT2D eigenvalue weighted by Crippen LogP contribution is -2.03. The molecule has 0 radical (unpaired) electrons. The summed E-state index contributed by atoms with van der Waals surface area (Å²) < 4.78 is 0. The van der Waals surface area contributed by atoms with Gasteiger partial charge in [0.1, 0.15) is 0 Å². The molecule has 0 atom stereocenters. The van der Waals surface area contributed by atoms with Crippen LogP contribution in [0.1, 0.15) is 88.2 Å². The van der Waals surface area contributed by atoms with Crippen molar-refractivity contribution in [3.05, 3.63) is 96.1 Å². The zero-order chi connectivity index (χ0) is 22.0. The van der Waals surface area contributed by atoms with Gasteiger partial charge in [-0.2, -0.15) is 0 Å². The Labute approximate surface area is 194 Å². The van der Waals surface area contributed by atoms with Gasteiger partial charge in [-0.1, -0.05) is 150 Å². The molecule has 4 rings (SSSR count). The third-order valence-corrected chi connectivity index (χ3v) is 6.99. The Bertz CT molecular complexity index is 1020. The fourth-order valence-electron chi connectivity index (χ4n) is 5.25. The van der Waals surface area contributed by atoms with E-state index < -0.39 is 0 Å². The van der Waals surface area contributed by atoms with Crippen LogP contribution in [0.2, 0.25) is 0 Å². The van der Waals surface area contributed by atoms with Crippen LogP contribution in [0.4, 0.5) is 0 Å². The molecule has 0 fully saturated rings. The summed E-state index contributed by atoms with van der Waals surface area (Å²) in [4.78, 5) is 0. The molecule has 0 spiro atoms. The van der Waals surface area contributed by atoms with Crippen molar-refractivity contribution in [3.8, 4) is 0 Å². The average molecular weight is 423 g/mol. The van der Waals surface area contributed by atoms with E-state index in [0.717, 1.165) is 0 Å². The van der Waals surface area contributed by atoms with Crippen LogP contribution < -0.4 is 0 Å². The normalized spacial score (nSPS) is 11.6. The molecule has 0 amide bonds. The van der Waals surface area contributed by atoms with Gasteiger partial charge in [0.2, 0.25) is 0 Å². The lowest BCUT2D eigenvalue weighted by molar-refractivity contribution is 0.546. The fraction of sp³-hybridized carbons (Fsp3) is 0.375. The highest BCUT2D eigenvalue weighted by atomic mass is 14.2. The molecule has 0 saturated carbocycles. The third kappa shape index (κ3) is 5.60. The average Bonchev–Trinajstić information content (AvgIpc) is 2.85. The molecule has 4 aromatic rings. The van der Waals surface area contributed by atoms with Crippen molar-refractivity contribution in [2.75, 3.05) is 0 Å². The Morgan fingerprint density at radius 1 is 0.469 bits per heavy atom. The van der Waals surface area contributed by atoms with Crippen LogP contribution in [0.5, 0.6) is 0 Å². The van der Waals surface area contributed by atoms with Crippen molar-refractivity contribution in [1.82, 2.24) is 0 Å². The lowest BCUT2D eigenvalue weighted by Gasteiger charge is -2.22. The zero-order valence-corrected chi connectivity index (χ0v) is 19.7. The van der Waals surface area contributed by atoms with Crippen LogP contribution in [0, 0.1) is 0 Å². The summed E-state index contributed by atoms with van der Waals surface area (Å²) in [6.45, 7) is 2.29. The maximum Gasteiger partial charge on any atom is 0.0102 e. The Morgan fingerprint density at radius 3 is 1.44 bits per heavy atom. The predicted molar refractivity (Wildman–Crippen MR) is 142 cm³/mol. The third-order valence-electron chi connectivity index (χ3n) is 6.99. The fourth-order valence-corrected chi connectivity index (χ4v) is 5.25. The molecule has 0 aromatic heterocycles. The summed E-state index contributed by atoms with van der Waals surface area (Å²) in [5.74, 6) is 0.441. The van der Waals surface area contributed by atoms with Crippen LogP contribution in [0.15, 0.2) is 84.9 Å². The van der Waals surface area contributed by atoms with E-state index in [-0.39, 0.29) is 0 Å². The van der Waals surface area contributed by atoms with Gasteiger partial charge in [0.05, 0.1) is 0 Å². The topological polar surface area (TPSA) is 0 Å². The minimum absolute atomic E-state index is 0.441. The van der Waals surface area contributed by atoms with Gasteiger partial charge < -0.3 is 0 Å². The van der Waals surface area contributed by atoms with E-state index in [1.807, 2.05) is 0 Å². The second kappa shape index (κ2) is 11.9. The van der Waals surface area contributed by atoms with Gasteiger partial charge in [-0.15, -0.1) is 0 Å². The number of fused-ring (bicyclic) bond motifs is 2.